The van der Waals surface area contributed by atoms with Gasteiger partial charge >= 0.3 is 5.97 Å². The standard InChI is InChI=1S/C22H22BrClN2O4/c1-12-4-5-16(9-18(12)24)26-10-15(8-21(26)28)22(29)30-11-20(27)25-19-7-6-17(23)13(2)14(19)3/h4-7,9,15H,8,10-11H2,1-3H3,(H,25,27)/t15-/m0/s1. The van der Waals surface area contributed by atoms with Crippen molar-refractivity contribution >= 4 is 56.7 Å². The molecule has 0 aliphatic carbocycles. The normalized spacial score (nSPS) is 16.0. The summed E-state index contributed by atoms with van der Waals surface area (Å²) in [5, 5.41) is 3.31. The van der Waals surface area contributed by atoms with Crippen LogP contribution in [0.3, 0.4) is 0 Å². The zero-order valence-electron chi connectivity index (χ0n) is 16.9. The van der Waals surface area contributed by atoms with Crippen molar-refractivity contribution in [3.63, 3.8) is 0 Å². The van der Waals surface area contributed by atoms with Gasteiger partial charge in [0.25, 0.3) is 5.91 Å². The Morgan fingerprint density at radius 2 is 1.93 bits per heavy atom. The molecule has 1 heterocycles. The molecule has 0 unspecified atom stereocenters. The van der Waals surface area contributed by atoms with Gasteiger partial charge in [0.15, 0.2) is 6.61 Å². The third-order valence-electron chi connectivity index (χ3n) is 5.27. The predicted molar refractivity (Wildman–Crippen MR) is 120 cm³/mol. The number of nitrogens with zero attached hydrogens (tertiary/aromatic N) is 1. The number of hydrogen-bond acceptors (Lipinski definition) is 4. The summed E-state index contributed by atoms with van der Waals surface area (Å²) in [4.78, 5) is 38.5. The van der Waals surface area contributed by atoms with Crippen molar-refractivity contribution in [1.82, 2.24) is 0 Å². The molecule has 1 aliphatic rings. The lowest BCUT2D eigenvalue weighted by atomic mass is 10.1. The van der Waals surface area contributed by atoms with Crippen LogP contribution in [0, 0.1) is 26.7 Å². The number of anilines is 2. The second kappa shape index (κ2) is 9.18. The van der Waals surface area contributed by atoms with Gasteiger partial charge in [0.05, 0.1) is 5.92 Å². The van der Waals surface area contributed by atoms with E-state index in [9.17, 15) is 14.4 Å². The first-order valence-electron chi connectivity index (χ1n) is 9.46. The molecule has 2 aromatic rings. The van der Waals surface area contributed by atoms with Crippen LogP contribution in [0.5, 0.6) is 0 Å². The Morgan fingerprint density at radius 1 is 1.20 bits per heavy atom. The van der Waals surface area contributed by atoms with Crippen LogP contribution in [0.4, 0.5) is 11.4 Å². The van der Waals surface area contributed by atoms with Crippen molar-refractivity contribution in [3.05, 3.63) is 56.5 Å². The molecule has 1 atom stereocenters. The second-order valence-corrected chi connectivity index (χ2v) is 8.60. The van der Waals surface area contributed by atoms with Crippen LogP contribution in [0.25, 0.3) is 0 Å². The van der Waals surface area contributed by atoms with Crippen molar-refractivity contribution in [2.45, 2.75) is 27.2 Å². The highest BCUT2D eigenvalue weighted by Crippen LogP contribution is 2.29. The highest BCUT2D eigenvalue weighted by atomic mass is 79.9. The predicted octanol–water partition coefficient (Wildman–Crippen LogP) is 4.56. The fraction of sp³-hybridized carbons (Fsp3) is 0.318. The quantitative estimate of drug-likeness (QED) is 0.620. The first-order valence-corrected chi connectivity index (χ1v) is 10.6. The monoisotopic (exact) mass is 492 g/mol. The van der Waals surface area contributed by atoms with E-state index in [1.807, 2.05) is 32.9 Å². The molecule has 0 bridgehead atoms. The molecule has 6 nitrogen and oxygen atoms in total. The van der Waals surface area contributed by atoms with Crippen molar-refractivity contribution in [2.24, 2.45) is 5.92 Å². The van der Waals surface area contributed by atoms with E-state index >= 15 is 0 Å². The van der Waals surface area contributed by atoms with Crippen molar-refractivity contribution in [2.75, 3.05) is 23.4 Å². The number of amides is 2. The molecule has 8 heteroatoms. The zero-order chi connectivity index (χ0) is 22.0. The number of halogens is 2. The number of carbonyl (C=O) groups excluding carboxylic acids is 3. The largest absolute Gasteiger partial charge is 0.455 e. The molecular weight excluding hydrogens is 472 g/mol. The van der Waals surface area contributed by atoms with Gasteiger partial charge in [-0.2, -0.15) is 0 Å². The summed E-state index contributed by atoms with van der Waals surface area (Å²) in [5.74, 6) is -1.80. The average Bonchev–Trinajstić information content (AvgIpc) is 3.10. The number of benzene rings is 2. The van der Waals surface area contributed by atoms with E-state index in [4.69, 9.17) is 16.3 Å². The van der Waals surface area contributed by atoms with Crippen LogP contribution in [-0.4, -0.2) is 30.9 Å². The molecule has 158 valence electrons. The molecule has 1 saturated heterocycles. The summed E-state index contributed by atoms with van der Waals surface area (Å²) < 4.78 is 6.12. The Balaban J connectivity index is 1.56. The summed E-state index contributed by atoms with van der Waals surface area (Å²) in [6, 6.07) is 8.96. The van der Waals surface area contributed by atoms with E-state index < -0.39 is 24.4 Å². The van der Waals surface area contributed by atoms with Gasteiger partial charge < -0.3 is 15.0 Å². The van der Waals surface area contributed by atoms with Crippen molar-refractivity contribution in [1.29, 1.82) is 0 Å². The van der Waals surface area contributed by atoms with E-state index in [0.717, 1.165) is 21.2 Å². The molecule has 0 radical (unpaired) electrons. The minimum atomic E-state index is -0.623. The number of aryl methyl sites for hydroxylation is 1. The lowest BCUT2D eigenvalue weighted by Crippen LogP contribution is -2.28. The van der Waals surface area contributed by atoms with E-state index in [1.165, 1.54) is 4.90 Å². The lowest BCUT2D eigenvalue weighted by molar-refractivity contribution is -0.151. The number of rotatable bonds is 5. The summed E-state index contributed by atoms with van der Waals surface area (Å²) in [7, 11) is 0. The van der Waals surface area contributed by atoms with Crippen LogP contribution in [0.15, 0.2) is 34.8 Å². The maximum absolute atomic E-state index is 12.4. The highest BCUT2D eigenvalue weighted by molar-refractivity contribution is 9.10. The molecule has 2 amide bonds. The average molecular weight is 494 g/mol. The maximum Gasteiger partial charge on any atom is 0.311 e. The van der Waals surface area contributed by atoms with Gasteiger partial charge in [0, 0.05) is 33.8 Å². The van der Waals surface area contributed by atoms with Crippen LogP contribution in [0.2, 0.25) is 5.02 Å². The third-order valence-corrected chi connectivity index (χ3v) is 6.53. The van der Waals surface area contributed by atoms with Gasteiger partial charge in [0.2, 0.25) is 5.91 Å². The minimum absolute atomic E-state index is 0.0387. The zero-order valence-corrected chi connectivity index (χ0v) is 19.3. The summed E-state index contributed by atoms with van der Waals surface area (Å²) in [5.41, 5.74) is 4.16. The molecule has 1 aliphatic heterocycles. The van der Waals surface area contributed by atoms with E-state index in [2.05, 4.69) is 21.2 Å². The number of nitrogens with one attached hydrogen (secondary N) is 1. The van der Waals surface area contributed by atoms with E-state index in [-0.39, 0.29) is 18.9 Å². The van der Waals surface area contributed by atoms with Crippen LogP contribution >= 0.6 is 27.5 Å². The number of carbonyl (C=O) groups is 3. The summed E-state index contributed by atoms with van der Waals surface area (Å²) >= 11 is 9.59. The smallest absolute Gasteiger partial charge is 0.311 e. The molecule has 3 rings (SSSR count). The summed E-state index contributed by atoms with van der Waals surface area (Å²) in [6.07, 6.45) is 0.0387. The molecule has 1 fully saturated rings. The van der Waals surface area contributed by atoms with Crippen LogP contribution in [0.1, 0.15) is 23.1 Å². The molecule has 2 aromatic carbocycles. The van der Waals surface area contributed by atoms with Gasteiger partial charge in [0.1, 0.15) is 0 Å². The Hall–Kier alpha value is -2.38. The Labute approximate surface area is 188 Å². The van der Waals surface area contributed by atoms with Gasteiger partial charge in [-0.3, -0.25) is 14.4 Å². The lowest BCUT2D eigenvalue weighted by Gasteiger charge is -2.17. The topological polar surface area (TPSA) is 75.7 Å². The summed E-state index contributed by atoms with van der Waals surface area (Å²) in [6.45, 7) is 5.51. The fourth-order valence-corrected chi connectivity index (χ4v) is 3.83. The fourth-order valence-electron chi connectivity index (χ4n) is 3.23. The van der Waals surface area contributed by atoms with E-state index in [1.54, 1.807) is 18.2 Å². The Kier molecular flexibility index (Phi) is 6.83. The van der Waals surface area contributed by atoms with Gasteiger partial charge in [-0.15, -0.1) is 0 Å². The SMILES string of the molecule is Cc1ccc(N2C[C@@H](C(=O)OCC(=O)Nc3ccc(Br)c(C)c3C)CC2=O)cc1Cl. The molecule has 0 aromatic heterocycles. The Bertz CT molecular complexity index is 1020. The van der Waals surface area contributed by atoms with Gasteiger partial charge in [-0.1, -0.05) is 33.6 Å². The van der Waals surface area contributed by atoms with Crippen LogP contribution < -0.4 is 10.2 Å². The Morgan fingerprint density at radius 3 is 2.63 bits per heavy atom. The van der Waals surface area contributed by atoms with Gasteiger partial charge in [-0.05, 0) is 61.7 Å². The van der Waals surface area contributed by atoms with Crippen molar-refractivity contribution in [3.8, 4) is 0 Å². The number of ether oxygens (including phenoxy) is 1. The number of hydrogen-bond donors (Lipinski definition) is 1. The molecule has 0 spiro atoms. The van der Waals surface area contributed by atoms with E-state index in [0.29, 0.717) is 16.4 Å². The first kappa shape index (κ1) is 22.3. The molecular formula is C22H22BrClN2O4. The second-order valence-electron chi connectivity index (χ2n) is 7.34. The highest BCUT2D eigenvalue weighted by Gasteiger charge is 2.36. The third kappa shape index (κ3) is 4.84. The van der Waals surface area contributed by atoms with Crippen molar-refractivity contribution < 1.29 is 19.1 Å². The molecule has 30 heavy (non-hydrogen) atoms. The molecule has 0 saturated carbocycles. The molecule has 1 N–H and O–H groups in total. The maximum atomic E-state index is 12.4. The van der Waals surface area contributed by atoms with Crippen LogP contribution in [-0.2, 0) is 19.1 Å². The first-order chi connectivity index (χ1) is 14.2. The number of esters is 1. The van der Waals surface area contributed by atoms with Gasteiger partial charge in [-0.25, -0.2) is 0 Å². The minimum Gasteiger partial charge on any atom is -0.455 e.